The second-order valence-electron chi connectivity index (χ2n) is 5.90. The minimum Gasteiger partial charge on any atom is -0.302 e. The van der Waals surface area contributed by atoms with Gasteiger partial charge in [0.05, 0.1) is 10.2 Å². The Labute approximate surface area is 160 Å². The van der Waals surface area contributed by atoms with E-state index in [9.17, 15) is 4.79 Å². The summed E-state index contributed by atoms with van der Waals surface area (Å²) >= 11 is 9.14. The molecular weight excluding hydrogens is 372 g/mol. The van der Waals surface area contributed by atoms with E-state index >= 15 is 0 Å². The van der Waals surface area contributed by atoms with E-state index in [1.54, 1.807) is 11.8 Å². The number of carbonyl (C=O) groups excluding carboxylic acids is 1. The molecule has 0 radical (unpaired) electrons. The van der Waals surface area contributed by atoms with Crippen molar-refractivity contribution in [2.24, 2.45) is 0 Å². The lowest BCUT2D eigenvalue weighted by atomic mass is 10.1. The van der Waals surface area contributed by atoms with Crippen molar-refractivity contribution in [2.75, 3.05) is 11.1 Å². The fourth-order valence-corrected chi connectivity index (χ4v) is 4.60. The number of nitrogens with one attached hydrogen (secondary N) is 1. The van der Waals surface area contributed by atoms with Gasteiger partial charge >= 0.3 is 0 Å². The van der Waals surface area contributed by atoms with Crippen molar-refractivity contribution < 1.29 is 4.79 Å². The Morgan fingerprint density at radius 1 is 1.24 bits per heavy atom. The Balaban J connectivity index is 1.49. The van der Waals surface area contributed by atoms with Crippen LogP contribution < -0.4 is 5.32 Å². The maximum Gasteiger partial charge on any atom is 0.226 e. The van der Waals surface area contributed by atoms with Gasteiger partial charge in [0.1, 0.15) is 0 Å². The average Bonchev–Trinajstić information content (AvgIpc) is 2.96. The number of benzene rings is 2. The molecule has 1 heterocycles. The van der Waals surface area contributed by atoms with Gasteiger partial charge in [-0.25, -0.2) is 4.98 Å². The van der Waals surface area contributed by atoms with E-state index < -0.39 is 0 Å². The fourth-order valence-electron chi connectivity index (χ4n) is 2.56. The molecule has 0 fully saturated rings. The number of thioether (sulfide) groups is 1. The molecule has 1 amide bonds. The Hall–Kier alpha value is -1.56. The highest BCUT2D eigenvalue weighted by Gasteiger charge is 2.10. The zero-order valence-corrected chi connectivity index (χ0v) is 16.5. The lowest BCUT2D eigenvalue weighted by molar-refractivity contribution is -0.116. The third-order valence-electron chi connectivity index (χ3n) is 3.71. The van der Waals surface area contributed by atoms with Crippen molar-refractivity contribution >= 4 is 56.0 Å². The van der Waals surface area contributed by atoms with E-state index in [2.05, 4.69) is 36.3 Å². The first-order valence-corrected chi connectivity index (χ1v) is 10.3. The molecule has 0 bridgehead atoms. The van der Waals surface area contributed by atoms with Crippen LogP contribution in [0, 0.1) is 13.8 Å². The molecule has 0 spiro atoms. The lowest BCUT2D eigenvalue weighted by Gasteiger charge is -2.03. The summed E-state index contributed by atoms with van der Waals surface area (Å²) in [6.07, 6.45) is 1.32. The summed E-state index contributed by atoms with van der Waals surface area (Å²) in [7, 11) is 0. The summed E-state index contributed by atoms with van der Waals surface area (Å²) in [4.78, 5) is 17.8. The summed E-state index contributed by atoms with van der Waals surface area (Å²) in [5, 5.41) is 4.35. The first kappa shape index (κ1) is 18.2. The SMILES string of the molecule is Cc1cc(C)c2nc(NC(=O)CCCSc3ccc(Cl)cc3)sc2c1. The topological polar surface area (TPSA) is 42.0 Å². The van der Waals surface area contributed by atoms with E-state index in [1.807, 2.05) is 24.3 Å². The van der Waals surface area contributed by atoms with Crippen LogP contribution in [0.15, 0.2) is 41.3 Å². The van der Waals surface area contributed by atoms with E-state index in [-0.39, 0.29) is 5.91 Å². The van der Waals surface area contributed by atoms with E-state index in [0.29, 0.717) is 11.6 Å². The number of amides is 1. The molecule has 130 valence electrons. The van der Waals surface area contributed by atoms with Crippen molar-refractivity contribution in [3.05, 3.63) is 52.5 Å². The maximum atomic E-state index is 12.1. The van der Waals surface area contributed by atoms with Crippen molar-refractivity contribution in [1.29, 1.82) is 0 Å². The molecule has 0 saturated carbocycles. The summed E-state index contributed by atoms with van der Waals surface area (Å²) in [6.45, 7) is 4.12. The molecule has 3 aromatic rings. The van der Waals surface area contributed by atoms with Crippen molar-refractivity contribution in [1.82, 2.24) is 4.98 Å². The van der Waals surface area contributed by atoms with Gasteiger partial charge in [0, 0.05) is 16.3 Å². The third kappa shape index (κ3) is 4.97. The normalized spacial score (nSPS) is 11.0. The third-order valence-corrected chi connectivity index (χ3v) is 5.97. The smallest absolute Gasteiger partial charge is 0.226 e. The van der Waals surface area contributed by atoms with E-state index in [4.69, 9.17) is 11.6 Å². The largest absolute Gasteiger partial charge is 0.302 e. The molecular formula is C19H19ClN2OS2. The first-order valence-electron chi connectivity index (χ1n) is 8.07. The minimum absolute atomic E-state index is 0.0186. The van der Waals surface area contributed by atoms with Crippen molar-refractivity contribution in [2.45, 2.75) is 31.6 Å². The first-order chi connectivity index (χ1) is 12.0. The minimum atomic E-state index is 0.0186. The predicted octanol–water partition coefficient (Wildman–Crippen LogP) is 6.08. The fraction of sp³-hybridized carbons (Fsp3) is 0.263. The highest BCUT2D eigenvalue weighted by Crippen LogP contribution is 2.29. The molecule has 3 rings (SSSR count). The van der Waals surface area contributed by atoms with Gasteiger partial charge in [0.2, 0.25) is 5.91 Å². The predicted molar refractivity (Wildman–Crippen MR) is 109 cm³/mol. The zero-order valence-electron chi connectivity index (χ0n) is 14.1. The summed E-state index contributed by atoms with van der Waals surface area (Å²) in [5.74, 6) is 0.915. The van der Waals surface area contributed by atoms with Crippen LogP contribution in [-0.2, 0) is 4.79 Å². The number of hydrogen-bond acceptors (Lipinski definition) is 4. The summed E-state index contributed by atoms with van der Waals surface area (Å²) in [6, 6.07) is 12.0. The van der Waals surface area contributed by atoms with Crippen LogP contribution in [0.4, 0.5) is 5.13 Å². The number of aryl methyl sites for hydroxylation is 2. The molecule has 0 aliphatic carbocycles. The second-order valence-corrected chi connectivity index (χ2v) is 8.54. The molecule has 6 heteroatoms. The van der Waals surface area contributed by atoms with E-state index in [1.165, 1.54) is 21.8 Å². The maximum absolute atomic E-state index is 12.1. The highest BCUT2D eigenvalue weighted by molar-refractivity contribution is 7.99. The molecule has 25 heavy (non-hydrogen) atoms. The average molecular weight is 391 g/mol. The van der Waals surface area contributed by atoms with Gasteiger partial charge < -0.3 is 5.32 Å². The molecule has 0 saturated heterocycles. The number of anilines is 1. The Morgan fingerprint density at radius 3 is 2.76 bits per heavy atom. The molecule has 0 atom stereocenters. The zero-order chi connectivity index (χ0) is 17.8. The number of hydrogen-bond donors (Lipinski definition) is 1. The molecule has 0 aliphatic heterocycles. The number of thiazole rings is 1. The molecule has 3 nitrogen and oxygen atoms in total. The molecule has 0 aliphatic rings. The van der Waals surface area contributed by atoms with Crippen LogP contribution in [0.2, 0.25) is 5.02 Å². The number of fused-ring (bicyclic) bond motifs is 1. The Bertz CT molecular complexity index is 890. The molecule has 0 unspecified atom stereocenters. The second kappa shape index (κ2) is 8.21. The molecule has 1 aromatic heterocycles. The van der Waals surface area contributed by atoms with Gasteiger partial charge in [0.15, 0.2) is 5.13 Å². The number of rotatable bonds is 6. The quantitative estimate of drug-likeness (QED) is 0.409. The van der Waals surface area contributed by atoms with Crippen LogP contribution >= 0.6 is 34.7 Å². The van der Waals surface area contributed by atoms with Gasteiger partial charge in [0.25, 0.3) is 0 Å². The lowest BCUT2D eigenvalue weighted by Crippen LogP contribution is -2.11. The molecule has 1 N–H and O–H groups in total. The number of carbonyl (C=O) groups is 1. The van der Waals surface area contributed by atoms with Gasteiger partial charge in [-0.15, -0.1) is 11.8 Å². The summed E-state index contributed by atoms with van der Waals surface area (Å²) < 4.78 is 1.12. The molecule has 2 aromatic carbocycles. The number of nitrogens with zero attached hydrogens (tertiary/aromatic N) is 1. The van der Waals surface area contributed by atoms with Gasteiger partial charge in [-0.1, -0.05) is 29.0 Å². The monoisotopic (exact) mass is 390 g/mol. The van der Waals surface area contributed by atoms with Crippen LogP contribution in [0.5, 0.6) is 0 Å². The van der Waals surface area contributed by atoms with E-state index in [0.717, 1.165) is 33.0 Å². The van der Waals surface area contributed by atoms with Crippen LogP contribution in [0.1, 0.15) is 24.0 Å². The van der Waals surface area contributed by atoms with Gasteiger partial charge in [-0.2, -0.15) is 0 Å². The van der Waals surface area contributed by atoms with Crippen LogP contribution in [0.25, 0.3) is 10.2 Å². The van der Waals surface area contributed by atoms with Gasteiger partial charge in [-0.3, -0.25) is 4.79 Å². The van der Waals surface area contributed by atoms with Gasteiger partial charge in [-0.05, 0) is 67.5 Å². The Morgan fingerprint density at radius 2 is 2.00 bits per heavy atom. The summed E-state index contributed by atoms with van der Waals surface area (Å²) in [5.41, 5.74) is 3.33. The standard InChI is InChI=1S/C19H19ClN2OS2/c1-12-10-13(2)18-16(11-12)25-19(22-18)21-17(23)4-3-9-24-15-7-5-14(20)6-8-15/h5-8,10-11H,3-4,9H2,1-2H3,(H,21,22,23). The Kier molecular flexibility index (Phi) is 5.99. The van der Waals surface area contributed by atoms with Crippen LogP contribution in [0.3, 0.4) is 0 Å². The van der Waals surface area contributed by atoms with Crippen LogP contribution in [-0.4, -0.2) is 16.6 Å². The number of aromatic nitrogens is 1. The number of halogens is 1. The highest BCUT2D eigenvalue weighted by atomic mass is 35.5. The van der Waals surface area contributed by atoms with Crippen molar-refractivity contribution in [3.63, 3.8) is 0 Å². The van der Waals surface area contributed by atoms with Crippen molar-refractivity contribution in [3.8, 4) is 0 Å².